The van der Waals surface area contributed by atoms with Crippen LogP contribution in [0.4, 0.5) is 13.2 Å². The van der Waals surface area contributed by atoms with Gasteiger partial charge in [-0.2, -0.15) is 0 Å². The minimum atomic E-state index is -4.25. The van der Waals surface area contributed by atoms with Crippen molar-refractivity contribution in [2.45, 2.75) is 6.18 Å². The first kappa shape index (κ1) is 15.7. The summed E-state index contributed by atoms with van der Waals surface area (Å²) in [4.78, 5) is 0. The van der Waals surface area contributed by atoms with Gasteiger partial charge in [0.15, 0.2) is 0 Å². The fraction of sp³-hybridized carbons (Fsp3) is 0.500. The molecule has 0 aromatic carbocycles. The molecule has 0 atom stereocenters. The monoisotopic (exact) mass is 123 g/mol. The van der Waals surface area contributed by atoms with Crippen molar-refractivity contribution in [3.63, 3.8) is 0 Å². The van der Waals surface area contributed by atoms with E-state index in [0.717, 1.165) is 0 Å². The van der Waals surface area contributed by atoms with Gasteiger partial charge in [0, 0.05) is 0 Å². The molecule has 0 saturated heterocycles. The number of hydrogen-bond donors (Lipinski definition) is 0. The Morgan fingerprint density at radius 2 is 1.14 bits per heavy atom. The molecular weight excluding hydrogens is 120 g/mol. The normalized spacial score (nSPS) is 8.57. The number of alkyl halides is 3. The molecule has 0 fully saturated rings. The van der Waals surface area contributed by atoms with E-state index in [9.17, 15) is 13.2 Å². The van der Waals surface area contributed by atoms with Gasteiger partial charge >= 0.3 is 29.6 Å². The summed E-state index contributed by atoms with van der Waals surface area (Å²) in [5, 5.41) is 0. The molecule has 0 aliphatic carbocycles. The fourth-order valence-corrected chi connectivity index (χ4v) is 0. The molecule has 0 saturated carbocycles. The summed E-state index contributed by atoms with van der Waals surface area (Å²) in [5.41, 5.74) is 0. The minimum absolute atomic E-state index is 0. The van der Waals surface area contributed by atoms with Gasteiger partial charge in [0.2, 0.25) is 0 Å². The average Bonchev–Trinajstić information content (AvgIpc) is 0.722. The molecular formula is C2H3F3NaO-. The Morgan fingerprint density at radius 3 is 1.14 bits per heavy atom. The van der Waals surface area contributed by atoms with Crippen LogP contribution in [0.3, 0.4) is 0 Å². The topological polar surface area (TPSA) is 30.0 Å². The van der Waals surface area contributed by atoms with E-state index in [4.69, 9.17) is 0 Å². The summed E-state index contributed by atoms with van der Waals surface area (Å²) in [7, 11) is 0. The molecule has 0 aromatic heterocycles. The Bertz CT molecular complexity index is 28.4. The number of rotatable bonds is 0. The second kappa shape index (κ2) is 4.90. The Balaban J connectivity index is -0.0000000800. The third-order valence-electron chi connectivity index (χ3n) is 0. The second-order valence-corrected chi connectivity index (χ2v) is 0.615. The predicted molar refractivity (Wildman–Crippen MR) is 13.3 cm³/mol. The van der Waals surface area contributed by atoms with Gasteiger partial charge < -0.3 is 5.48 Å². The molecule has 5 heteroatoms. The zero-order valence-corrected chi connectivity index (χ0v) is 5.79. The molecule has 0 aliphatic rings. The molecule has 7 heavy (non-hydrogen) atoms. The predicted octanol–water partition coefficient (Wildman–Crippen LogP) is -1.79. The van der Waals surface area contributed by atoms with E-state index in [1.807, 2.05) is 0 Å². The molecule has 0 unspecified atom stereocenters. The van der Waals surface area contributed by atoms with Crippen molar-refractivity contribution in [3.05, 3.63) is 6.92 Å². The molecule has 0 aliphatic heterocycles. The van der Waals surface area contributed by atoms with E-state index < -0.39 is 6.18 Å². The molecule has 0 spiro atoms. The Morgan fingerprint density at radius 1 is 1.14 bits per heavy atom. The average molecular weight is 123 g/mol. The molecule has 1 nitrogen and oxygen atoms in total. The standard InChI is InChI=1S/C2H2F3.Na.H2O/c1-2(3,4)5;;/h1H2;;1H2/q-1;+1;/p-1. The van der Waals surface area contributed by atoms with Crippen LogP contribution in [0.5, 0.6) is 0 Å². The van der Waals surface area contributed by atoms with Crippen molar-refractivity contribution < 1.29 is 48.2 Å². The van der Waals surface area contributed by atoms with Gasteiger partial charge in [-0.15, -0.1) is 0 Å². The molecule has 0 amide bonds. The SMILES string of the molecule is [CH2-]C(F)(F)F.[Na+].[OH-]. The Hall–Kier alpha value is 0.750. The van der Waals surface area contributed by atoms with Crippen LogP contribution in [0, 0.1) is 6.92 Å². The van der Waals surface area contributed by atoms with Crippen molar-refractivity contribution in [2.24, 2.45) is 0 Å². The molecule has 1 N–H and O–H groups in total. The summed E-state index contributed by atoms with van der Waals surface area (Å²) in [5.74, 6) is 0. The summed E-state index contributed by atoms with van der Waals surface area (Å²) in [6.07, 6.45) is -4.25. The molecule has 0 rings (SSSR count). The fourth-order valence-electron chi connectivity index (χ4n) is 0. The summed E-state index contributed by atoms with van der Waals surface area (Å²) < 4.78 is 30.7. The van der Waals surface area contributed by atoms with E-state index in [-0.39, 0.29) is 35.0 Å². The van der Waals surface area contributed by atoms with Crippen LogP contribution < -0.4 is 29.6 Å². The first-order valence-corrected chi connectivity index (χ1v) is 0.921. The molecule has 0 bridgehead atoms. The quantitative estimate of drug-likeness (QED) is 0.276. The third kappa shape index (κ3) is 271. The minimum Gasteiger partial charge on any atom is -0.870 e. The number of halogens is 3. The van der Waals surface area contributed by atoms with Crippen molar-refractivity contribution in [1.82, 2.24) is 0 Å². The van der Waals surface area contributed by atoms with Crippen LogP contribution in [0.25, 0.3) is 0 Å². The van der Waals surface area contributed by atoms with E-state index in [2.05, 4.69) is 0 Å². The van der Waals surface area contributed by atoms with Crippen LogP contribution in [0.2, 0.25) is 0 Å². The van der Waals surface area contributed by atoms with Crippen LogP contribution in [-0.2, 0) is 0 Å². The molecule has 40 valence electrons. The zero-order valence-electron chi connectivity index (χ0n) is 3.79. The largest absolute Gasteiger partial charge is 1.00 e. The molecule has 0 aromatic rings. The van der Waals surface area contributed by atoms with E-state index >= 15 is 0 Å². The van der Waals surface area contributed by atoms with Gasteiger partial charge in [-0.25, -0.2) is 20.1 Å². The maximum Gasteiger partial charge on any atom is 1.00 e. The maximum absolute atomic E-state index is 10.2. The summed E-state index contributed by atoms with van der Waals surface area (Å²) in [6, 6.07) is 0. The van der Waals surface area contributed by atoms with Gasteiger partial charge in [0.1, 0.15) is 0 Å². The van der Waals surface area contributed by atoms with Crippen LogP contribution in [-0.4, -0.2) is 11.7 Å². The van der Waals surface area contributed by atoms with Crippen molar-refractivity contribution in [3.8, 4) is 0 Å². The number of hydrogen-bond acceptors (Lipinski definition) is 1. The molecule has 0 heterocycles. The van der Waals surface area contributed by atoms with Crippen LogP contribution in [0.1, 0.15) is 0 Å². The van der Waals surface area contributed by atoms with Gasteiger partial charge in [-0.3, -0.25) is 0 Å². The molecule has 0 radical (unpaired) electrons. The summed E-state index contributed by atoms with van der Waals surface area (Å²) in [6.45, 7) is 1.77. The van der Waals surface area contributed by atoms with E-state index in [0.29, 0.717) is 0 Å². The van der Waals surface area contributed by atoms with Crippen molar-refractivity contribution >= 4 is 0 Å². The van der Waals surface area contributed by atoms with Crippen molar-refractivity contribution in [1.29, 1.82) is 0 Å². The second-order valence-electron chi connectivity index (χ2n) is 0.615. The van der Waals surface area contributed by atoms with Gasteiger partial charge in [0.25, 0.3) is 6.18 Å². The smallest absolute Gasteiger partial charge is 0.870 e. The maximum atomic E-state index is 10.2. The third-order valence-corrected chi connectivity index (χ3v) is 0. The zero-order chi connectivity index (χ0) is 4.50. The Labute approximate surface area is 61.5 Å². The first-order chi connectivity index (χ1) is 2.00. The van der Waals surface area contributed by atoms with Gasteiger partial charge in [-0.05, 0) is 0 Å². The van der Waals surface area contributed by atoms with E-state index in [1.165, 1.54) is 0 Å². The van der Waals surface area contributed by atoms with Crippen LogP contribution in [0.15, 0.2) is 0 Å². The first-order valence-electron chi connectivity index (χ1n) is 0.921. The van der Waals surface area contributed by atoms with Gasteiger partial charge in [0.05, 0.1) is 0 Å². The van der Waals surface area contributed by atoms with Gasteiger partial charge in [-0.1, -0.05) is 0 Å². The Kier molecular flexibility index (Phi) is 11.0. The van der Waals surface area contributed by atoms with E-state index in [1.54, 1.807) is 6.92 Å². The van der Waals surface area contributed by atoms with Crippen molar-refractivity contribution in [2.75, 3.05) is 0 Å². The summed E-state index contributed by atoms with van der Waals surface area (Å²) >= 11 is 0. The van der Waals surface area contributed by atoms with Crippen LogP contribution >= 0.6 is 0 Å².